The first-order chi connectivity index (χ1) is 14.9. The van der Waals surface area contributed by atoms with Crippen molar-refractivity contribution in [3.05, 3.63) is 36.2 Å². The molecular formula is C22H33N7OS. The van der Waals surface area contributed by atoms with Crippen LogP contribution < -0.4 is 10.2 Å². The number of nitrogens with zero attached hydrogens (tertiary/aromatic N) is 6. The topological polar surface area (TPSA) is 79.2 Å². The fourth-order valence-electron chi connectivity index (χ4n) is 4.82. The summed E-state index contributed by atoms with van der Waals surface area (Å²) in [6.45, 7) is 8.64. The number of aromatic nitrogens is 4. The summed E-state index contributed by atoms with van der Waals surface area (Å²) in [6.07, 6.45) is 4.70. The van der Waals surface area contributed by atoms with Crippen LogP contribution in [0.15, 0.2) is 30.3 Å². The van der Waals surface area contributed by atoms with Crippen LogP contribution >= 0.6 is 11.8 Å². The molecule has 8 nitrogen and oxygen atoms in total. The molecule has 9 heteroatoms. The number of rotatable bonds is 6. The van der Waals surface area contributed by atoms with Crippen LogP contribution in [-0.2, 0) is 10.3 Å². The van der Waals surface area contributed by atoms with E-state index in [2.05, 4.69) is 69.8 Å². The summed E-state index contributed by atoms with van der Waals surface area (Å²) < 4.78 is 1.96. The molecule has 2 aliphatic rings. The second kappa shape index (κ2) is 8.78. The van der Waals surface area contributed by atoms with E-state index in [-0.39, 0.29) is 17.5 Å². The predicted molar refractivity (Wildman–Crippen MR) is 124 cm³/mol. The van der Waals surface area contributed by atoms with Crippen LogP contribution in [0.2, 0.25) is 0 Å². The van der Waals surface area contributed by atoms with Gasteiger partial charge in [0.2, 0.25) is 5.91 Å². The summed E-state index contributed by atoms with van der Waals surface area (Å²) in [5.74, 6) is 2.12. The average molecular weight is 444 g/mol. The van der Waals surface area contributed by atoms with E-state index in [0.717, 1.165) is 49.6 Å². The monoisotopic (exact) mass is 443 g/mol. The van der Waals surface area contributed by atoms with Gasteiger partial charge in [0, 0.05) is 18.8 Å². The Morgan fingerprint density at radius 2 is 1.90 bits per heavy atom. The summed E-state index contributed by atoms with van der Waals surface area (Å²) in [6, 6.07) is 10.4. The van der Waals surface area contributed by atoms with Crippen molar-refractivity contribution < 1.29 is 4.79 Å². The SMILES string of the molecule is CSCCC(c1nnnn1C(C)(C)C)N1CCC2(CC1)C(=O)NCN2c1ccccc1. The van der Waals surface area contributed by atoms with Gasteiger partial charge in [-0.15, -0.1) is 5.10 Å². The first-order valence-electron chi connectivity index (χ1n) is 11.0. The van der Waals surface area contributed by atoms with Crippen LogP contribution in [0.25, 0.3) is 0 Å². The van der Waals surface area contributed by atoms with Crippen LogP contribution in [0.4, 0.5) is 5.69 Å². The summed E-state index contributed by atoms with van der Waals surface area (Å²) in [5, 5.41) is 15.8. The molecule has 0 saturated carbocycles. The first-order valence-corrected chi connectivity index (χ1v) is 12.4. The Kier molecular flexibility index (Phi) is 6.25. The minimum absolute atomic E-state index is 0.147. The van der Waals surface area contributed by atoms with Gasteiger partial charge in [0.25, 0.3) is 0 Å². The van der Waals surface area contributed by atoms with Crippen LogP contribution in [0.1, 0.15) is 51.9 Å². The number of nitrogens with one attached hydrogen (secondary N) is 1. The molecule has 2 fully saturated rings. The number of hydrogen-bond donors (Lipinski definition) is 1. The number of hydrogen-bond acceptors (Lipinski definition) is 7. The number of piperidine rings is 1. The third-order valence-electron chi connectivity index (χ3n) is 6.49. The summed E-state index contributed by atoms with van der Waals surface area (Å²) in [5.41, 5.74) is 0.450. The van der Waals surface area contributed by atoms with E-state index >= 15 is 0 Å². The normalized spacial score (nSPS) is 20.3. The van der Waals surface area contributed by atoms with E-state index in [1.807, 2.05) is 34.6 Å². The molecule has 2 saturated heterocycles. The van der Waals surface area contributed by atoms with Gasteiger partial charge in [-0.05, 0) is 74.6 Å². The van der Waals surface area contributed by atoms with Gasteiger partial charge in [0.15, 0.2) is 5.82 Å². The van der Waals surface area contributed by atoms with Crippen LogP contribution in [0.3, 0.4) is 0 Å². The van der Waals surface area contributed by atoms with Crippen molar-refractivity contribution in [3.63, 3.8) is 0 Å². The average Bonchev–Trinajstić information content (AvgIpc) is 3.36. The van der Waals surface area contributed by atoms with Gasteiger partial charge in [-0.2, -0.15) is 11.8 Å². The highest BCUT2D eigenvalue weighted by molar-refractivity contribution is 7.98. The molecule has 0 aliphatic carbocycles. The lowest BCUT2D eigenvalue weighted by Crippen LogP contribution is -2.57. The number of carbonyl (C=O) groups is 1. The van der Waals surface area contributed by atoms with Crippen LogP contribution in [0.5, 0.6) is 0 Å². The smallest absolute Gasteiger partial charge is 0.247 e. The number of thioether (sulfide) groups is 1. The lowest BCUT2D eigenvalue weighted by atomic mass is 9.85. The molecule has 31 heavy (non-hydrogen) atoms. The molecular weight excluding hydrogens is 410 g/mol. The number of carbonyl (C=O) groups excluding carboxylic acids is 1. The number of amides is 1. The number of likely N-dealkylation sites (tertiary alicyclic amines) is 1. The van der Waals surface area contributed by atoms with Gasteiger partial charge in [-0.3, -0.25) is 9.69 Å². The van der Waals surface area contributed by atoms with Crippen molar-refractivity contribution in [1.29, 1.82) is 0 Å². The van der Waals surface area contributed by atoms with Crippen molar-refractivity contribution >= 4 is 23.4 Å². The Morgan fingerprint density at radius 3 is 2.55 bits per heavy atom. The van der Waals surface area contributed by atoms with Crippen molar-refractivity contribution in [2.75, 3.05) is 36.7 Å². The standard InChI is InChI=1S/C22H33N7OS/c1-21(2,3)29-19(24-25-26-29)18(10-15-31-4)27-13-11-22(12-14-27)20(30)23-16-28(22)17-8-6-5-7-9-17/h5-9,18H,10-16H2,1-4H3,(H,23,30). The van der Waals surface area contributed by atoms with Crippen molar-refractivity contribution in [1.82, 2.24) is 30.4 Å². The summed E-state index contributed by atoms with van der Waals surface area (Å²) in [7, 11) is 0. The second-order valence-corrected chi connectivity index (χ2v) is 10.4. The van der Waals surface area contributed by atoms with E-state index in [0.29, 0.717) is 6.67 Å². The highest BCUT2D eigenvalue weighted by atomic mass is 32.2. The Bertz CT molecular complexity index is 887. The lowest BCUT2D eigenvalue weighted by molar-refractivity contribution is -0.125. The molecule has 1 aromatic carbocycles. The molecule has 1 unspecified atom stereocenters. The summed E-state index contributed by atoms with van der Waals surface area (Å²) in [4.78, 5) is 17.7. The maximum absolute atomic E-state index is 13.0. The molecule has 1 atom stereocenters. The van der Waals surface area contributed by atoms with Gasteiger partial charge < -0.3 is 10.2 Å². The molecule has 1 amide bonds. The van der Waals surface area contributed by atoms with Gasteiger partial charge in [-0.1, -0.05) is 18.2 Å². The fraction of sp³-hybridized carbons (Fsp3) is 0.636. The number of tetrazole rings is 1. The maximum atomic E-state index is 13.0. The maximum Gasteiger partial charge on any atom is 0.247 e. The molecule has 0 bridgehead atoms. The molecule has 4 rings (SSSR count). The molecule has 0 radical (unpaired) electrons. The van der Waals surface area contributed by atoms with E-state index in [9.17, 15) is 4.79 Å². The first kappa shape index (κ1) is 22.1. The second-order valence-electron chi connectivity index (χ2n) is 9.41. The molecule has 2 aromatic rings. The highest BCUT2D eigenvalue weighted by Gasteiger charge is 2.51. The molecule has 2 aliphatic heterocycles. The molecule has 3 heterocycles. The van der Waals surface area contributed by atoms with Crippen molar-refractivity contribution in [2.45, 2.75) is 57.2 Å². The minimum atomic E-state index is -0.474. The largest absolute Gasteiger partial charge is 0.339 e. The van der Waals surface area contributed by atoms with E-state index in [1.165, 1.54) is 0 Å². The van der Waals surface area contributed by atoms with E-state index < -0.39 is 5.54 Å². The van der Waals surface area contributed by atoms with Gasteiger partial charge in [-0.25, -0.2) is 4.68 Å². The third kappa shape index (κ3) is 4.17. The van der Waals surface area contributed by atoms with Gasteiger partial charge in [0.05, 0.1) is 18.2 Å². The fourth-order valence-corrected chi connectivity index (χ4v) is 5.28. The van der Waals surface area contributed by atoms with Crippen LogP contribution in [0, 0.1) is 0 Å². The van der Waals surface area contributed by atoms with Gasteiger partial charge >= 0.3 is 0 Å². The zero-order valence-corrected chi connectivity index (χ0v) is 19.7. The highest BCUT2D eigenvalue weighted by Crippen LogP contribution is 2.39. The van der Waals surface area contributed by atoms with Crippen molar-refractivity contribution in [2.24, 2.45) is 0 Å². The number of para-hydroxylation sites is 1. The Balaban J connectivity index is 1.57. The molecule has 1 N–H and O–H groups in total. The zero-order valence-electron chi connectivity index (χ0n) is 18.9. The zero-order chi connectivity index (χ0) is 22.1. The Labute approximate surface area is 188 Å². The summed E-state index contributed by atoms with van der Waals surface area (Å²) >= 11 is 1.84. The molecule has 1 aromatic heterocycles. The molecule has 168 valence electrons. The Morgan fingerprint density at radius 1 is 1.19 bits per heavy atom. The number of benzene rings is 1. The minimum Gasteiger partial charge on any atom is -0.339 e. The predicted octanol–water partition coefficient (Wildman–Crippen LogP) is 2.65. The molecule has 1 spiro atoms. The van der Waals surface area contributed by atoms with Crippen LogP contribution in [-0.4, -0.2) is 68.3 Å². The van der Waals surface area contributed by atoms with Crippen molar-refractivity contribution in [3.8, 4) is 0 Å². The van der Waals surface area contributed by atoms with E-state index in [1.54, 1.807) is 0 Å². The van der Waals surface area contributed by atoms with Gasteiger partial charge in [0.1, 0.15) is 5.54 Å². The lowest BCUT2D eigenvalue weighted by Gasteiger charge is -2.45. The third-order valence-corrected chi connectivity index (χ3v) is 7.14. The van der Waals surface area contributed by atoms with E-state index in [4.69, 9.17) is 0 Å². The quantitative estimate of drug-likeness (QED) is 0.735. The number of anilines is 1. The Hall–Kier alpha value is -2.13.